The largest absolute Gasteiger partial charge is 0.373 e. The van der Waals surface area contributed by atoms with Crippen LogP contribution in [0.15, 0.2) is 23.2 Å². The van der Waals surface area contributed by atoms with Gasteiger partial charge in [-0.25, -0.2) is 4.39 Å². The number of hydrogen-bond acceptors (Lipinski definition) is 2. The number of ether oxygens (including phenoxy) is 1. The minimum absolute atomic E-state index is 0.312. The van der Waals surface area contributed by atoms with Gasteiger partial charge in [-0.15, -0.1) is 0 Å². The highest BCUT2D eigenvalue weighted by atomic mass is 35.5. The predicted octanol–water partition coefficient (Wildman–Crippen LogP) is 2.90. The van der Waals surface area contributed by atoms with Crippen molar-refractivity contribution in [2.24, 2.45) is 4.99 Å². The number of nitrogens with zero attached hydrogens (tertiary/aromatic N) is 1. The van der Waals surface area contributed by atoms with E-state index in [0.717, 1.165) is 30.9 Å². The van der Waals surface area contributed by atoms with Crippen LogP contribution in [-0.4, -0.2) is 37.3 Å². The van der Waals surface area contributed by atoms with Crippen LogP contribution in [0.4, 0.5) is 4.39 Å². The van der Waals surface area contributed by atoms with Crippen LogP contribution in [0.5, 0.6) is 0 Å². The van der Waals surface area contributed by atoms with E-state index in [2.05, 4.69) is 15.6 Å². The Morgan fingerprint density at radius 2 is 2.30 bits per heavy atom. The molecule has 0 radical (unpaired) electrons. The van der Waals surface area contributed by atoms with Crippen LogP contribution in [0, 0.1) is 5.82 Å². The van der Waals surface area contributed by atoms with Crippen molar-refractivity contribution in [1.29, 1.82) is 0 Å². The maximum atomic E-state index is 13.1. The van der Waals surface area contributed by atoms with E-state index in [9.17, 15) is 4.39 Å². The second-order valence-electron chi connectivity index (χ2n) is 6.11. The quantitative estimate of drug-likeness (QED) is 0.640. The molecule has 2 bridgehead atoms. The summed E-state index contributed by atoms with van der Waals surface area (Å²) in [5.41, 5.74) is 0.913. The highest BCUT2D eigenvalue weighted by Crippen LogP contribution is 2.34. The Balaban J connectivity index is 1.56. The van der Waals surface area contributed by atoms with Gasteiger partial charge in [0.15, 0.2) is 5.96 Å². The van der Waals surface area contributed by atoms with Crippen LogP contribution in [0.3, 0.4) is 0 Å². The lowest BCUT2D eigenvalue weighted by Crippen LogP contribution is -2.47. The predicted molar refractivity (Wildman–Crippen MR) is 90.5 cm³/mol. The molecule has 2 saturated heterocycles. The Hall–Kier alpha value is -1.33. The van der Waals surface area contributed by atoms with Crippen LogP contribution >= 0.6 is 11.6 Å². The Bertz CT molecular complexity index is 581. The fourth-order valence-corrected chi connectivity index (χ4v) is 3.56. The summed E-state index contributed by atoms with van der Waals surface area (Å²) in [6.45, 7) is 3.46. The highest BCUT2D eigenvalue weighted by Gasteiger charge is 2.41. The van der Waals surface area contributed by atoms with Crippen molar-refractivity contribution in [1.82, 2.24) is 10.6 Å². The van der Waals surface area contributed by atoms with Crippen LogP contribution in [-0.2, 0) is 11.2 Å². The molecule has 0 aromatic heterocycles. The van der Waals surface area contributed by atoms with Crippen molar-refractivity contribution in [2.75, 3.05) is 13.1 Å². The molecule has 2 aliphatic heterocycles. The van der Waals surface area contributed by atoms with E-state index >= 15 is 0 Å². The number of benzene rings is 1. The molecule has 2 aliphatic rings. The van der Waals surface area contributed by atoms with Gasteiger partial charge >= 0.3 is 0 Å². The molecule has 23 heavy (non-hydrogen) atoms. The zero-order chi connectivity index (χ0) is 16.2. The molecule has 3 rings (SSSR count). The number of hydrogen-bond donors (Lipinski definition) is 2. The van der Waals surface area contributed by atoms with E-state index in [0.29, 0.717) is 36.2 Å². The van der Waals surface area contributed by atoms with Gasteiger partial charge in [0.05, 0.1) is 18.2 Å². The Labute approximate surface area is 141 Å². The van der Waals surface area contributed by atoms with Gasteiger partial charge < -0.3 is 15.4 Å². The number of guanidine groups is 1. The van der Waals surface area contributed by atoms with Gasteiger partial charge in [0, 0.05) is 18.1 Å². The van der Waals surface area contributed by atoms with E-state index in [1.54, 1.807) is 6.07 Å². The van der Waals surface area contributed by atoms with Crippen molar-refractivity contribution in [3.8, 4) is 0 Å². The maximum Gasteiger partial charge on any atom is 0.191 e. The molecule has 2 fully saturated rings. The van der Waals surface area contributed by atoms with Crippen molar-refractivity contribution in [3.05, 3.63) is 34.6 Å². The van der Waals surface area contributed by atoms with Crippen molar-refractivity contribution >= 4 is 17.6 Å². The Kier molecular flexibility index (Phi) is 5.38. The summed E-state index contributed by atoms with van der Waals surface area (Å²) in [7, 11) is 0. The fraction of sp³-hybridized carbons (Fsp3) is 0.588. The van der Waals surface area contributed by atoms with Gasteiger partial charge in [0.1, 0.15) is 5.82 Å². The first kappa shape index (κ1) is 16.5. The molecular formula is C17H23ClFN3O. The number of rotatable bonds is 5. The van der Waals surface area contributed by atoms with E-state index < -0.39 is 0 Å². The molecule has 0 spiro atoms. The standard InChI is InChI=1S/C17H23ClFN3O/c1-2-20-17(22-15-10-13-5-6-16(15)23-13)21-8-7-11-3-4-12(19)9-14(11)18/h3-4,9,13,15-16H,2,5-8,10H2,1H3,(H2,20,21,22). The first-order valence-corrected chi connectivity index (χ1v) is 8.67. The molecule has 1 aromatic carbocycles. The number of fused-ring (bicyclic) bond motifs is 2. The van der Waals surface area contributed by atoms with Gasteiger partial charge in [-0.05, 0) is 50.3 Å². The molecule has 6 heteroatoms. The molecule has 2 N–H and O–H groups in total. The molecule has 3 atom stereocenters. The highest BCUT2D eigenvalue weighted by molar-refractivity contribution is 6.31. The smallest absolute Gasteiger partial charge is 0.191 e. The number of nitrogens with one attached hydrogen (secondary N) is 2. The zero-order valence-corrected chi connectivity index (χ0v) is 14.1. The molecule has 126 valence electrons. The monoisotopic (exact) mass is 339 g/mol. The summed E-state index contributed by atoms with van der Waals surface area (Å²) in [4.78, 5) is 4.61. The van der Waals surface area contributed by atoms with Gasteiger partial charge in [0.2, 0.25) is 0 Å². The van der Waals surface area contributed by atoms with Gasteiger partial charge in [-0.1, -0.05) is 17.7 Å². The Morgan fingerprint density at radius 1 is 1.43 bits per heavy atom. The summed E-state index contributed by atoms with van der Waals surface area (Å²) < 4.78 is 18.9. The third kappa shape index (κ3) is 4.15. The summed E-state index contributed by atoms with van der Waals surface area (Å²) in [5, 5.41) is 7.21. The van der Waals surface area contributed by atoms with E-state index in [4.69, 9.17) is 16.3 Å². The lowest BCUT2D eigenvalue weighted by atomic mass is 9.96. The SMILES string of the molecule is CCNC(=NCCc1ccc(F)cc1Cl)NC1CC2CCC1O2. The number of aliphatic imine (C=N–C) groups is 1. The van der Waals surface area contributed by atoms with Crippen LogP contribution in [0.1, 0.15) is 31.7 Å². The van der Waals surface area contributed by atoms with E-state index in [1.165, 1.54) is 18.6 Å². The molecule has 0 aliphatic carbocycles. The lowest BCUT2D eigenvalue weighted by molar-refractivity contribution is 0.0992. The van der Waals surface area contributed by atoms with Crippen molar-refractivity contribution in [3.63, 3.8) is 0 Å². The molecule has 0 amide bonds. The third-order valence-corrected chi connectivity index (χ3v) is 4.79. The van der Waals surface area contributed by atoms with E-state index in [-0.39, 0.29) is 5.82 Å². The molecule has 0 saturated carbocycles. The molecule has 3 unspecified atom stereocenters. The number of halogens is 2. The molecule has 2 heterocycles. The van der Waals surface area contributed by atoms with Crippen LogP contribution in [0.2, 0.25) is 5.02 Å². The third-order valence-electron chi connectivity index (χ3n) is 4.44. The summed E-state index contributed by atoms with van der Waals surface area (Å²) in [6.07, 6.45) is 4.78. The first-order chi connectivity index (χ1) is 11.2. The molecule has 1 aromatic rings. The summed E-state index contributed by atoms with van der Waals surface area (Å²) >= 11 is 6.05. The van der Waals surface area contributed by atoms with Crippen molar-refractivity contribution in [2.45, 2.75) is 50.9 Å². The Morgan fingerprint density at radius 3 is 2.96 bits per heavy atom. The zero-order valence-electron chi connectivity index (χ0n) is 13.3. The van der Waals surface area contributed by atoms with Gasteiger partial charge in [-0.2, -0.15) is 0 Å². The average molecular weight is 340 g/mol. The average Bonchev–Trinajstić information content (AvgIpc) is 3.12. The second-order valence-corrected chi connectivity index (χ2v) is 6.51. The van der Waals surface area contributed by atoms with Gasteiger partial charge in [-0.3, -0.25) is 4.99 Å². The van der Waals surface area contributed by atoms with Crippen LogP contribution < -0.4 is 10.6 Å². The topological polar surface area (TPSA) is 45.7 Å². The second kappa shape index (κ2) is 7.49. The first-order valence-electron chi connectivity index (χ1n) is 8.30. The van der Waals surface area contributed by atoms with Crippen LogP contribution in [0.25, 0.3) is 0 Å². The molecular weight excluding hydrogens is 317 g/mol. The summed E-state index contributed by atoms with van der Waals surface area (Å²) in [6, 6.07) is 4.84. The minimum atomic E-state index is -0.312. The van der Waals surface area contributed by atoms with Crippen molar-refractivity contribution < 1.29 is 9.13 Å². The lowest BCUT2D eigenvalue weighted by Gasteiger charge is -2.22. The minimum Gasteiger partial charge on any atom is -0.373 e. The molecule has 4 nitrogen and oxygen atoms in total. The van der Waals surface area contributed by atoms with E-state index in [1.807, 2.05) is 6.92 Å². The summed E-state index contributed by atoms with van der Waals surface area (Å²) in [5.74, 6) is 0.500. The maximum absolute atomic E-state index is 13.1. The fourth-order valence-electron chi connectivity index (χ4n) is 3.30. The van der Waals surface area contributed by atoms with Gasteiger partial charge in [0.25, 0.3) is 0 Å². The normalized spacial score (nSPS) is 26.6.